The molecular formula is C18H18N6O4S4. The highest BCUT2D eigenvalue weighted by atomic mass is 32.2. The molecule has 0 bridgehead atoms. The number of aromatic nitrogens is 2. The van der Waals surface area contributed by atoms with E-state index in [4.69, 9.17) is 0 Å². The van der Waals surface area contributed by atoms with Crippen molar-refractivity contribution >= 4 is 76.2 Å². The van der Waals surface area contributed by atoms with Gasteiger partial charge in [-0.15, -0.1) is 0 Å². The number of thioether (sulfide) groups is 2. The van der Waals surface area contributed by atoms with E-state index in [9.17, 15) is 16.8 Å². The van der Waals surface area contributed by atoms with E-state index in [0.29, 0.717) is 33.0 Å². The number of fused-ring (bicyclic) bond motifs is 3. The zero-order valence-corrected chi connectivity index (χ0v) is 19.8. The minimum Gasteiger partial charge on any atom is -0.317 e. The topological polar surface area (TPSA) is 143 Å². The molecule has 4 aliphatic rings. The Balaban J connectivity index is 1.29. The first-order valence-corrected chi connectivity index (χ1v) is 15.3. The maximum absolute atomic E-state index is 11.8. The van der Waals surface area contributed by atoms with Crippen LogP contribution in [0, 0.1) is 0 Å². The number of hydrogen-bond donors (Lipinski definition) is 2. The lowest BCUT2D eigenvalue weighted by molar-refractivity contribution is 0.599. The van der Waals surface area contributed by atoms with Gasteiger partial charge >= 0.3 is 0 Å². The first-order chi connectivity index (χ1) is 15.2. The highest BCUT2D eigenvalue weighted by Gasteiger charge is 2.44. The van der Waals surface area contributed by atoms with Gasteiger partial charge in [0.2, 0.25) is 0 Å². The Morgan fingerprint density at radius 2 is 1.16 bits per heavy atom. The molecule has 4 aliphatic heterocycles. The summed E-state index contributed by atoms with van der Waals surface area (Å²) in [5.41, 5.74) is 1.41. The molecule has 14 heteroatoms. The molecule has 6 rings (SSSR count). The first-order valence-electron chi connectivity index (χ1n) is 9.94. The summed E-state index contributed by atoms with van der Waals surface area (Å²) in [4.78, 5) is 18.5. The number of nitrogens with zero attached hydrogens (tertiary/aromatic N) is 4. The van der Waals surface area contributed by atoms with Gasteiger partial charge in [0, 0.05) is 10.5 Å². The van der Waals surface area contributed by atoms with Crippen LogP contribution >= 0.6 is 23.5 Å². The average molecular weight is 511 g/mol. The van der Waals surface area contributed by atoms with E-state index in [1.807, 2.05) is 24.3 Å². The van der Waals surface area contributed by atoms with Gasteiger partial charge in [0.05, 0.1) is 46.1 Å². The predicted octanol–water partition coefficient (Wildman–Crippen LogP) is 0.990. The Morgan fingerprint density at radius 3 is 1.56 bits per heavy atom. The highest BCUT2D eigenvalue weighted by molar-refractivity contribution is 8.16. The molecule has 0 saturated carbocycles. The molecule has 1 aromatic heterocycles. The van der Waals surface area contributed by atoms with Crippen molar-refractivity contribution in [2.24, 2.45) is 9.98 Å². The second-order valence-corrected chi connectivity index (χ2v) is 14.9. The molecule has 0 radical (unpaired) electrons. The second-order valence-electron chi connectivity index (χ2n) is 8.13. The molecule has 0 aliphatic carbocycles. The summed E-state index contributed by atoms with van der Waals surface area (Å²) < 4.78 is 47.3. The van der Waals surface area contributed by atoms with E-state index in [-0.39, 0.29) is 45.6 Å². The Bertz CT molecular complexity index is 1300. The fourth-order valence-corrected chi connectivity index (χ4v) is 11.5. The van der Waals surface area contributed by atoms with E-state index >= 15 is 0 Å². The zero-order chi connectivity index (χ0) is 22.1. The summed E-state index contributed by atoms with van der Waals surface area (Å²) in [7, 11) is -6.06. The van der Waals surface area contributed by atoms with Crippen molar-refractivity contribution in [2.45, 2.75) is 22.6 Å². The Labute approximate surface area is 193 Å². The Morgan fingerprint density at radius 1 is 0.719 bits per heavy atom. The van der Waals surface area contributed by atoms with E-state index in [1.165, 1.54) is 23.5 Å². The summed E-state index contributed by atoms with van der Waals surface area (Å²) in [6.45, 7) is 0. The van der Waals surface area contributed by atoms with E-state index in [1.54, 1.807) is 0 Å². The molecule has 10 nitrogen and oxygen atoms in total. The Hall–Kier alpha value is -1.90. The smallest absolute Gasteiger partial charge is 0.176 e. The van der Waals surface area contributed by atoms with Gasteiger partial charge in [-0.2, -0.15) is 0 Å². The maximum Gasteiger partial charge on any atom is 0.176 e. The minimum atomic E-state index is -3.03. The third kappa shape index (κ3) is 3.86. The summed E-state index contributed by atoms with van der Waals surface area (Å²) in [6.07, 6.45) is 0. The quantitative estimate of drug-likeness (QED) is 0.600. The van der Waals surface area contributed by atoms with Gasteiger partial charge in [0.15, 0.2) is 41.6 Å². The molecule has 2 saturated heterocycles. The molecule has 2 aromatic rings. The highest BCUT2D eigenvalue weighted by Crippen LogP contribution is 2.37. The van der Waals surface area contributed by atoms with Crippen LogP contribution in [0.1, 0.15) is 0 Å². The molecule has 2 N–H and O–H groups in total. The largest absolute Gasteiger partial charge is 0.317 e. The van der Waals surface area contributed by atoms with E-state index in [0.717, 1.165) is 0 Å². The summed E-state index contributed by atoms with van der Waals surface area (Å²) in [5.74, 6) is 1.33. The van der Waals surface area contributed by atoms with Gasteiger partial charge < -0.3 is 10.6 Å². The van der Waals surface area contributed by atoms with Gasteiger partial charge in [-0.05, 0) is 12.1 Å². The number of anilines is 2. The van der Waals surface area contributed by atoms with Gasteiger partial charge in [0.1, 0.15) is 0 Å². The first kappa shape index (κ1) is 20.7. The number of amidine groups is 2. The fraction of sp³-hybridized carbons (Fsp3) is 0.444. The molecule has 5 heterocycles. The number of aliphatic imine (C=N–C) groups is 2. The standard InChI is InChI=1S/C18H18N6O4S4/c25-31(26)5-11-13(7-31)29-17(21-11)23-15-16(20-10-4-2-1-3-9(10)19-15)24-18-22-12-6-32(27,28)8-14(12)30-18/h1-4,11-14H,5-8H2,(H,19,21,23)(H,20,22,24)/t11-,12+,13-,14-/m1/s1. The number of para-hydroxylation sites is 2. The molecule has 168 valence electrons. The van der Waals surface area contributed by atoms with E-state index < -0.39 is 19.7 Å². The van der Waals surface area contributed by atoms with Gasteiger partial charge in [-0.1, -0.05) is 35.7 Å². The van der Waals surface area contributed by atoms with Crippen molar-refractivity contribution in [1.82, 2.24) is 9.97 Å². The lowest BCUT2D eigenvalue weighted by Gasteiger charge is -2.13. The average Bonchev–Trinajstić information content (AvgIpc) is 3.38. The lowest BCUT2D eigenvalue weighted by atomic mass is 10.3. The number of benzene rings is 1. The van der Waals surface area contributed by atoms with Crippen LogP contribution in [0.3, 0.4) is 0 Å². The van der Waals surface area contributed by atoms with E-state index in [2.05, 4.69) is 30.6 Å². The van der Waals surface area contributed by atoms with Gasteiger partial charge in [0.25, 0.3) is 0 Å². The van der Waals surface area contributed by atoms with Gasteiger partial charge in [-0.3, -0.25) is 9.98 Å². The molecular weight excluding hydrogens is 493 g/mol. The number of hydrogen-bond acceptors (Lipinski definition) is 12. The van der Waals surface area contributed by atoms with Crippen LogP contribution in [0.15, 0.2) is 34.3 Å². The minimum absolute atomic E-state index is 0.0729. The summed E-state index contributed by atoms with van der Waals surface area (Å²) in [6, 6.07) is 6.99. The third-order valence-electron chi connectivity index (χ3n) is 5.66. The predicted molar refractivity (Wildman–Crippen MR) is 129 cm³/mol. The van der Waals surface area contributed by atoms with Crippen molar-refractivity contribution in [3.63, 3.8) is 0 Å². The molecule has 0 spiro atoms. The summed E-state index contributed by atoms with van der Waals surface area (Å²) >= 11 is 2.82. The van der Waals surface area contributed by atoms with Crippen LogP contribution in [0.25, 0.3) is 11.0 Å². The second kappa shape index (κ2) is 7.30. The molecule has 0 unspecified atom stereocenters. The fourth-order valence-electron chi connectivity index (χ4n) is 4.21. The zero-order valence-electron chi connectivity index (χ0n) is 16.5. The normalized spacial score (nSPS) is 31.8. The molecule has 32 heavy (non-hydrogen) atoms. The van der Waals surface area contributed by atoms with Crippen molar-refractivity contribution < 1.29 is 16.8 Å². The maximum atomic E-state index is 11.8. The van der Waals surface area contributed by atoms with Crippen LogP contribution in [-0.2, 0) is 19.7 Å². The van der Waals surface area contributed by atoms with Crippen molar-refractivity contribution in [1.29, 1.82) is 0 Å². The van der Waals surface area contributed by atoms with Crippen LogP contribution < -0.4 is 10.6 Å². The van der Waals surface area contributed by atoms with Crippen LogP contribution in [0.5, 0.6) is 0 Å². The third-order valence-corrected chi connectivity index (χ3v) is 11.9. The summed E-state index contributed by atoms with van der Waals surface area (Å²) in [5, 5.41) is 7.51. The van der Waals surface area contributed by atoms with Crippen LogP contribution in [0.2, 0.25) is 0 Å². The molecule has 0 amide bonds. The van der Waals surface area contributed by atoms with Crippen LogP contribution in [-0.4, -0.2) is 82.7 Å². The molecule has 1 aromatic carbocycles. The molecule has 4 atom stereocenters. The SMILES string of the molecule is O=S1(=O)C[C@@H]2N=C(Nc3nc4ccccc4nc3NC3=N[C@@H]4CS(=O)(=O)C[C@H]4S3)S[C@@H]2C1. The Kier molecular flexibility index (Phi) is 4.72. The van der Waals surface area contributed by atoms with Crippen molar-refractivity contribution in [3.05, 3.63) is 24.3 Å². The number of nitrogens with one attached hydrogen (secondary N) is 2. The number of sulfone groups is 2. The van der Waals surface area contributed by atoms with Crippen molar-refractivity contribution in [3.8, 4) is 0 Å². The number of rotatable bonds is 2. The van der Waals surface area contributed by atoms with Crippen LogP contribution in [0.4, 0.5) is 11.6 Å². The van der Waals surface area contributed by atoms with Crippen molar-refractivity contribution in [2.75, 3.05) is 33.6 Å². The molecule has 2 fully saturated rings. The van der Waals surface area contributed by atoms with Gasteiger partial charge in [-0.25, -0.2) is 26.8 Å². The lowest BCUT2D eigenvalue weighted by Crippen LogP contribution is -2.17. The monoisotopic (exact) mass is 510 g/mol.